The van der Waals surface area contributed by atoms with Gasteiger partial charge < -0.3 is 15.0 Å². The molecule has 34 heavy (non-hydrogen) atoms. The number of benzene rings is 1. The smallest absolute Gasteiger partial charge is 0.251 e. The SMILES string of the molecule is Cc1nc(-c2ccc(C(=O)N[C@H](C(=O)N3C[C@H](C)[C@H]4OCC(=O)[C@H]43)C3(C)CCCC3)cc2)cs1. The van der Waals surface area contributed by atoms with Gasteiger partial charge in [0, 0.05) is 29.0 Å². The number of nitrogens with zero attached hydrogens (tertiary/aromatic N) is 2. The molecule has 180 valence electrons. The number of aromatic nitrogens is 1. The van der Waals surface area contributed by atoms with Crippen LogP contribution < -0.4 is 5.32 Å². The van der Waals surface area contributed by atoms with Gasteiger partial charge in [-0.15, -0.1) is 11.3 Å². The average Bonchev–Trinajstić information content (AvgIpc) is 3.60. The molecule has 7 nitrogen and oxygen atoms in total. The molecule has 3 aliphatic rings. The number of aryl methyl sites for hydroxylation is 1. The van der Waals surface area contributed by atoms with Crippen molar-refractivity contribution in [2.75, 3.05) is 13.2 Å². The number of ether oxygens (including phenoxy) is 1. The molecule has 1 aliphatic carbocycles. The number of fused-ring (bicyclic) bond motifs is 1. The monoisotopic (exact) mass is 481 g/mol. The lowest BCUT2D eigenvalue weighted by molar-refractivity contribution is -0.140. The molecule has 1 aromatic heterocycles. The van der Waals surface area contributed by atoms with E-state index in [0.717, 1.165) is 41.9 Å². The van der Waals surface area contributed by atoms with Crippen molar-refractivity contribution in [3.05, 3.63) is 40.2 Å². The van der Waals surface area contributed by atoms with Crippen molar-refractivity contribution in [1.29, 1.82) is 0 Å². The predicted octanol–water partition coefficient (Wildman–Crippen LogP) is 3.61. The summed E-state index contributed by atoms with van der Waals surface area (Å²) in [6, 6.07) is 6.12. The highest BCUT2D eigenvalue weighted by molar-refractivity contribution is 7.09. The maximum absolute atomic E-state index is 13.9. The van der Waals surface area contributed by atoms with Crippen LogP contribution in [0, 0.1) is 18.3 Å². The fourth-order valence-corrected chi connectivity index (χ4v) is 6.42. The fraction of sp³-hybridized carbons (Fsp3) is 0.538. The Hall–Kier alpha value is -2.58. The molecule has 4 atom stereocenters. The fourth-order valence-electron chi connectivity index (χ4n) is 5.79. The zero-order valence-corrected chi connectivity index (χ0v) is 20.7. The van der Waals surface area contributed by atoms with Crippen molar-refractivity contribution in [2.24, 2.45) is 11.3 Å². The van der Waals surface area contributed by atoms with Gasteiger partial charge in [0.1, 0.15) is 18.7 Å². The molecule has 2 saturated heterocycles. The van der Waals surface area contributed by atoms with E-state index in [9.17, 15) is 14.4 Å². The third-order valence-electron chi connectivity index (χ3n) is 7.75. The number of carbonyl (C=O) groups excluding carboxylic acids is 3. The zero-order chi connectivity index (χ0) is 24.0. The van der Waals surface area contributed by atoms with Crippen LogP contribution in [0.25, 0.3) is 11.3 Å². The van der Waals surface area contributed by atoms with Crippen molar-refractivity contribution in [1.82, 2.24) is 15.2 Å². The molecule has 1 N–H and O–H groups in total. The number of carbonyl (C=O) groups is 3. The lowest BCUT2D eigenvalue weighted by Crippen LogP contribution is -2.57. The van der Waals surface area contributed by atoms with Crippen molar-refractivity contribution in [3.63, 3.8) is 0 Å². The van der Waals surface area contributed by atoms with E-state index in [1.165, 1.54) is 0 Å². The van der Waals surface area contributed by atoms with Crippen LogP contribution in [0.5, 0.6) is 0 Å². The van der Waals surface area contributed by atoms with Crippen LogP contribution in [-0.2, 0) is 14.3 Å². The minimum absolute atomic E-state index is 0.0442. The number of ketones is 1. The van der Waals surface area contributed by atoms with E-state index in [4.69, 9.17) is 4.74 Å². The van der Waals surface area contributed by atoms with Crippen LogP contribution in [0.2, 0.25) is 0 Å². The molecular weight excluding hydrogens is 450 g/mol. The standard InChI is InChI=1S/C26H31N3O4S/c1-15-12-29(21-20(30)13-33-22(15)21)25(32)23(26(3)10-4-5-11-26)28-24(31)18-8-6-17(7-9-18)19-14-34-16(2)27-19/h6-9,14-15,21-23H,4-5,10-13H2,1-3H3,(H,28,31)/t15-,21+,22+,23+/m0/s1. The lowest BCUT2D eigenvalue weighted by atomic mass is 9.79. The molecule has 0 spiro atoms. The highest BCUT2D eigenvalue weighted by Gasteiger charge is 2.54. The van der Waals surface area contributed by atoms with Gasteiger partial charge in [-0.2, -0.15) is 0 Å². The average molecular weight is 482 g/mol. The summed E-state index contributed by atoms with van der Waals surface area (Å²) < 4.78 is 5.68. The zero-order valence-electron chi connectivity index (χ0n) is 19.9. The molecule has 3 fully saturated rings. The molecule has 2 aliphatic heterocycles. The summed E-state index contributed by atoms with van der Waals surface area (Å²) in [4.78, 5) is 45.9. The quantitative estimate of drug-likeness (QED) is 0.705. The van der Waals surface area contributed by atoms with Gasteiger partial charge in [0.05, 0.1) is 16.8 Å². The molecule has 5 rings (SSSR count). The number of Topliss-reactive ketones (excluding diaryl/α,β-unsaturated/α-hetero) is 1. The number of nitrogens with one attached hydrogen (secondary N) is 1. The second-order valence-corrected chi connectivity index (χ2v) is 11.3. The van der Waals surface area contributed by atoms with Crippen molar-refractivity contribution in [3.8, 4) is 11.3 Å². The Bertz CT molecular complexity index is 1110. The second kappa shape index (κ2) is 8.89. The summed E-state index contributed by atoms with van der Waals surface area (Å²) in [6.45, 7) is 6.60. The summed E-state index contributed by atoms with van der Waals surface area (Å²) in [5.41, 5.74) is 2.01. The lowest BCUT2D eigenvalue weighted by Gasteiger charge is -2.37. The summed E-state index contributed by atoms with van der Waals surface area (Å²) in [7, 11) is 0. The minimum atomic E-state index is -0.678. The predicted molar refractivity (Wildman–Crippen MR) is 130 cm³/mol. The van der Waals surface area contributed by atoms with E-state index in [0.29, 0.717) is 12.1 Å². The minimum Gasteiger partial charge on any atom is -0.367 e. The Balaban J connectivity index is 1.38. The molecule has 8 heteroatoms. The van der Waals surface area contributed by atoms with Gasteiger partial charge in [-0.1, -0.05) is 38.8 Å². The normalized spacial score (nSPS) is 26.5. The third-order valence-corrected chi connectivity index (χ3v) is 8.52. The first-order valence-electron chi connectivity index (χ1n) is 12.0. The Labute approximate surface area is 203 Å². The number of amides is 2. The van der Waals surface area contributed by atoms with Crippen LogP contribution in [0.3, 0.4) is 0 Å². The second-order valence-electron chi connectivity index (χ2n) is 10.3. The van der Waals surface area contributed by atoms with Gasteiger partial charge in [-0.05, 0) is 37.3 Å². The molecule has 3 heterocycles. The van der Waals surface area contributed by atoms with Gasteiger partial charge in [0.2, 0.25) is 5.91 Å². The summed E-state index contributed by atoms with van der Waals surface area (Å²) in [5.74, 6) is -0.386. The molecule has 2 amide bonds. The number of rotatable bonds is 5. The Morgan fingerprint density at radius 3 is 2.59 bits per heavy atom. The van der Waals surface area contributed by atoms with Crippen LogP contribution in [-0.4, -0.2) is 58.8 Å². The van der Waals surface area contributed by atoms with E-state index < -0.39 is 12.1 Å². The maximum Gasteiger partial charge on any atom is 0.251 e. The first-order chi connectivity index (χ1) is 16.3. The highest BCUT2D eigenvalue weighted by atomic mass is 32.1. The third kappa shape index (κ3) is 4.07. The number of thiazole rings is 1. The largest absolute Gasteiger partial charge is 0.367 e. The van der Waals surface area contributed by atoms with Crippen LogP contribution in [0.1, 0.15) is 54.9 Å². The molecule has 2 aromatic rings. The highest BCUT2D eigenvalue weighted by Crippen LogP contribution is 2.42. The van der Waals surface area contributed by atoms with E-state index in [1.54, 1.807) is 28.4 Å². The first-order valence-corrected chi connectivity index (χ1v) is 12.9. The number of hydrogen-bond donors (Lipinski definition) is 1. The number of hydrogen-bond acceptors (Lipinski definition) is 6. The van der Waals surface area contributed by atoms with Crippen molar-refractivity contribution < 1.29 is 19.1 Å². The summed E-state index contributed by atoms with van der Waals surface area (Å²) >= 11 is 1.59. The molecule has 1 aromatic carbocycles. The van der Waals surface area contributed by atoms with Gasteiger partial charge in [-0.25, -0.2) is 4.98 Å². The first kappa shape index (κ1) is 23.2. The van der Waals surface area contributed by atoms with E-state index >= 15 is 0 Å². The molecular formula is C26H31N3O4S. The molecule has 0 radical (unpaired) electrons. The van der Waals surface area contributed by atoms with Crippen LogP contribution in [0.4, 0.5) is 0 Å². The Morgan fingerprint density at radius 1 is 1.24 bits per heavy atom. The van der Waals surface area contributed by atoms with Gasteiger partial charge in [-0.3, -0.25) is 14.4 Å². The van der Waals surface area contributed by atoms with Gasteiger partial charge >= 0.3 is 0 Å². The van der Waals surface area contributed by atoms with Gasteiger partial charge in [0.15, 0.2) is 5.78 Å². The van der Waals surface area contributed by atoms with Gasteiger partial charge in [0.25, 0.3) is 5.91 Å². The Morgan fingerprint density at radius 2 is 1.94 bits per heavy atom. The summed E-state index contributed by atoms with van der Waals surface area (Å²) in [5, 5.41) is 6.06. The molecule has 0 bridgehead atoms. The molecule has 1 saturated carbocycles. The van der Waals surface area contributed by atoms with E-state index in [-0.39, 0.29) is 41.6 Å². The molecule has 0 unspecified atom stereocenters. The number of likely N-dealkylation sites (tertiary alicyclic amines) is 1. The van der Waals surface area contributed by atoms with Crippen LogP contribution >= 0.6 is 11.3 Å². The maximum atomic E-state index is 13.9. The Kier molecular flexibility index (Phi) is 6.06. The summed E-state index contributed by atoms with van der Waals surface area (Å²) in [6.07, 6.45) is 3.55. The van der Waals surface area contributed by atoms with Crippen molar-refractivity contribution >= 4 is 28.9 Å². The van der Waals surface area contributed by atoms with E-state index in [2.05, 4.69) is 17.2 Å². The van der Waals surface area contributed by atoms with Crippen LogP contribution in [0.15, 0.2) is 29.6 Å². The topological polar surface area (TPSA) is 88.6 Å². The van der Waals surface area contributed by atoms with E-state index in [1.807, 2.05) is 31.4 Å². The van der Waals surface area contributed by atoms with Crippen molar-refractivity contribution in [2.45, 2.75) is 64.6 Å².